The zero-order valence-electron chi connectivity index (χ0n) is 16.9. The Morgan fingerprint density at radius 2 is 1.72 bits per heavy atom. The Bertz CT molecular complexity index is 1310. The highest BCUT2D eigenvalue weighted by atomic mass is 79.9. The molecule has 162 valence electrons. The van der Waals surface area contributed by atoms with Gasteiger partial charge in [0.05, 0.1) is 11.4 Å². The van der Waals surface area contributed by atoms with E-state index in [1.54, 1.807) is 36.6 Å². The number of barbiturate groups is 1. The molecule has 0 radical (unpaired) electrons. The maximum atomic E-state index is 14.6. The number of halogens is 3. The van der Waals surface area contributed by atoms with Gasteiger partial charge in [-0.1, -0.05) is 27.5 Å². The third kappa shape index (κ3) is 3.87. The van der Waals surface area contributed by atoms with Crippen molar-refractivity contribution < 1.29 is 18.8 Å². The van der Waals surface area contributed by atoms with Crippen LogP contribution in [0.25, 0.3) is 11.8 Å². The average Bonchev–Trinajstić information content (AvgIpc) is 3.00. The van der Waals surface area contributed by atoms with E-state index in [2.05, 4.69) is 21.2 Å². The highest BCUT2D eigenvalue weighted by molar-refractivity contribution is 9.10. The van der Waals surface area contributed by atoms with Crippen LogP contribution in [0, 0.1) is 19.7 Å². The quantitative estimate of drug-likeness (QED) is 0.379. The van der Waals surface area contributed by atoms with Crippen molar-refractivity contribution in [3.8, 4) is 5.69 Å². The summed E-state index contributed by atoms with van der Waals surface area (Å²) in [6.07, 6.45) is 1.41. The number of imide groups is 2. The topological polar surface area (TPSA) is 71.4 Å². The first-order valence-electron chi connectivity index (χ1n) is 9.49. The van der Waals surface area contributed by atoms with Crippen LogP contribution in [0.5, 0.6) is 0 Å². The number of carbonyl (C=O) groups excluding carboxylic acids is 3. The van der Waals surface area contributed by atoms with Crippen molar-refractivity contribution in [1.29, 1.82) is 0 Å². The van der Waals surface area contributed by atoms with E-state index in [9.17, 15) is 18.8 Å². The molecule has 0 bridgehead atoms. The zero-order valence-corrected chi connectivity index (χ0v) is 19.3. The molecule has 2 heterocycles. The Morgan fingerprint density at radius 3 is 2.38 bits per heavy atom. The van der Waals surface area contributed by atoms with Crippen LogP contribution in [0.2, 0.25) is 5.02 Å². The van der Waals surface area contributed by atoms with Crippen LogP contribution in [0.1, 0.15) is 17.0 Å². The number of anilines is 1. The Labute approximate surface area is 196 Å². The summed E-state index contributed by atoms with van der Waals surface area (Å²) in [6, 6.07) is 11.7. The molecule has 0 atom stereocenters. The molecule has 1 fully saturated rings. The number of rotatable bonds is 3. The van der Waals surface area contributed by atoms with E-state index in [0.717, 1.165) is 4.90 Å². The summed E-state index contributed by atoms with van der Waals surface area (Å²) in [7, 11) is 0. The van der Waals surface area contributed by atoms with Gasteiger partial charge in [-0.2, -0.15) is 0 Å². The molecule has 32 heavy (non-hydrogen) atoms. The van der Waals surface area contributed by atoms with Crippen molar-refractivity contribution in [2.45, 2.75) is 13.8 Å². The fraction of sp³-hybridized carbons (Fsp3) is 0.0870. The lowest BCUT2D eigenvalue weighted by Gasteiger charge is -2.26. The molecule has 0 aliphatic carbocycles. The van der Waals surface area contributed by atoms with Crippen molar-refractivity contribution in [3.05, 3.63) is 86.4 Å². The predicted octanol–water partition coefficient (Wildman–Crippen LogP) is 5.32. The number of amides is 4. The molecule has 2 aromatic carbocycles. The van der Waals surface area contributed by atoms with Crippen LogP contribution in [-0.4, -0.2) is 22.4 Å². The van der Waals surface area contributed by atoms with Gasteiger partial charge in [0.1, 0.15) is 11.4 Å². The van der Waals surface area contributed by atoms with Gasteiger partial charge in [0.2, 0.25) is 0 Å². The molecular weight excluding hydrogens is 501 g/mol. The zero-order chi connectivity index (χ0) is 23.2. The summed E-state index contributed by atoms with van der Waals surface area (Å²) >= 11 is 9.13. The van der Waals surface area contributed by atoms with Gasteiger partial charge in [-0.05, 0) is 74.0 Å². The molecule has 1 aromatic heterocycles. The highest BCUT2D eigenvalue weighted by Gasteiger charge is 2.37. The second-order valence-corrected chi connectivity index (χ2v) is 8.54. The van der Waals surface area contributed by atoms with E-state index in [1.165, 1.54) is 36.4 Å². The van der Waals surface area contributed by atoms with Crippen molar-refractivity contribution in [1.82, 2.24) is 9.88 Å². The number of carbonyl (C=O) groups is 3. The minimum absolute atomic E-state index is 0.212. The van der Waals surface area contributed by atoms with Gasteiger partial charge >= 0.3 is 6.03 Å². The monoisotopic (exact) mass is 515 g/mol. The minimum atomic E-state index is -0.845. The maximum absolute atomic E-state index is 14.6. The number of nitrogens with zero attached hydrogens (tertiary/aromatic N) is 2. The van der Waals surface area contributed by atoms with E-state index >= 15 is 0 Å². The molecule has 4 rings (SSSR count). The minimum Gasteiger partial charge on any atom is -0.315 e. The third-order valence-corrected chi connectivity index (χ3v) is 5.85. The first kappa shape index (κ1) is 22.0. The first-order valence-corrected chi connectivity index (χ1v) is 10.7. The Morgan fingerprint density at radius 1 is 1.03 bits per heavy atom. The molecule has 6 nitrogen and oxygen atoms in total. The van der Waals surface area contributed by atoms with Gasteiger partial charge in [-0.25, -0.2) is 14.1 Å². The molecule has 4 amide bonds. The number of aromatic nitrogens is 1. The molecule has 0 saturated carbocycles. The Hall–Kier alpha value is -3.23. The average molecular weight is 517 g/mol. The largest absolute Gasteiger partial charge is 0.335 e. The summed E-state index contributed by atoms with van der Waals surface area (Å²) in [4.78, 5) is 38.8. The Balaban J connectivity index is 1.77. The lowest BCUT2D eigenvalue weighted by atomic mass is 10.1. The molecule has 1 N–H and O–H groups in total. The molecule has 0 spiro atoms. The number of aryl methyl sites for hydroxylation is 1. The lowest BCUT2D eigenvalue weighted by Crippen LogP contribution is -2.54. The van der Waals surface area contributed by atoms with Crippen LogP contribution in [0.15, 0.2) is 58.6 Å². The summed E-state index contributed by atoms with van der Waals surface area (Å²) in [5.41, 5.74) is 2.30. The predicted molar refractivity (Wildman–Crippen MR) is 123 cm³/mol. The number of benzene rings is 2. The third-order valence-electron chi connectivity index (χ3n) is 5.11. The number of urea groups is 1. The summed E-state index contributed by atoms with van der Waals surface area (Å²) in [5, 5.41) is 2.63. The summed E-state index contributed by atoms with van der Waals surface area (Å²) < 4.78 is 16.9. The maximum Gasteiger partial charge on any atom is 0.335 e. The van der Waals surface area contributed by atoms with Crippen molar-refractivity contribution in [3.63, 3.8) is 0 Å². The molecule has 1 aliphatic heterocycles. The van der Waals surface area contributed by atoms with Gasteiger partial charge in [-0.3, -0.25) is 14.9 Å². The molecule has 0 unspecified atom stereocenters. The SMILES string of the molecule is Cc1cc(/C=C2\C(=O)NC(=O)N(c3ccc(Cl)cc3)C2=O)c(C)n1-c1ccc(Br)cc1F. The molecule has 1 saturated heterocycles. The fourth-order valence-electron chi connectivity index (χ4n) is 3.60. The normalized spacial score (nSPS) is 15.5. The van der Waals surface area contributed by atoms with E-state index in [4.69, 9.17) is 11.6 Å². The summed E-state index contributed by atoms with van der Waals surface area (Å²) in [5.74, 6) is -1.99. The molecular formula is C23H16BrClFN3O3. The van der Waals surface area contributed by atoms with E-state index in [0.29, 0.717) is 32.1 Å². The van der Waals surface area contributed by atoms with Crippen LogP contribution >= 0.6 is 27.5 Å². The van der Waals surface area contributed by atoms with Crippen LogP contribution in [0.4, 0.5) is 14.9 Å². The second-order valence-electron chi connectivity index (χ2n) is 7.19. The standard InChI is InChI=1S/C23H16BrClFN3O3/c1-12-9-14(13(2)28(12)20-8-3-15(24)11-19(20)26)10-18-21(30)27-23(32)29(22(18)31)17-6-4-16(25)5-7-17/h3-11H,1-2H3,(H,27,30,32)/b18-10+. The van der Waals surface area contributed by atoms with Gasteiger partial charge < -0.3 is 4.57 Å². The van der Waals surface area contributed by atoms with E-state index < -0.39 is 23.7 Å². The van der Waals surface area contributed by atoms with Crippen LogP contribution in [0.3, 0.4) is 0 Å². The van der Waals surface area contributed by atoms with Crippen LogP contribution < -0.4 is 10.2 Å². The number of hydrogen-bond acceptors (Lipinski definition) is 3. The van der Waals surface area contributed by atoms with Crippen molar-refractivity contribution in [2.24, 2.45) is 0 Å². The van der Waals surface area contributed by atoms with E-state index in [1.807, 2.05) is 0 Å². The van der Waals surface area contributed by atoms with Gasteiger partial charge in [0.15, 0.2) is 0 Å². The van der Waals surface area contributed by atoms with E-state index in [-0.39, 0.29) is 11.3 Å². The summed E-state index contributed by atoms with van der Waals surface area (Å²) in [6.45, 7) is 3.55. The fourth-order valence-corrected chi connectivity index (χ4v) is 4.06. The van der Waals surface area contributed by atoms with Gasteiger partial charge in [-0.15, -0.1) is 0 Å². The first-order chi connectivity index (χ1) is 15.2. The molecule has 3 aromatic rings. The smallest absolute Gasteiger partial charge is 0.315 e. The second kappa shape index (κ2) is 8.37. The molecule has 1 aliphatic rings. The number of hydrogen-bond donors (Lipinski definition) is 1. The Kier molecular flexibility index (Phi) is 5.75. The lowest BCUT2D eigenvalue weighted by molar-refractivity contribution is -0.122. The van der Waals surface area contributed by atoms with Crippen molar-refractivity contribution >= 4 is 57.1 Å². The van der Waals surface area contributed by atoms with Crippen molar-refractivity contribution in [2.75, 3.05) is 4.90 Å². The van der Waals surface area contributed by atoms with Gasteiger partial charge in [0, 0.05) is 20.9 Å². The highest BCUT2D eigenvalue weighted by Crippen LogP contribution is 2.28. The van der Waals surface area contributed by atoms with Gasteiger partial charge in [0.25, 0.3) is 11.8 Å². The number of nitrogens with one attached hydrogen (secondary N) is 1. The molecule has 9 heteroatoms. The van der Waals surface area contributed by atoms with Crippen LogP contribution in [-0.2, 0) is 9.59 Å².